The van der Waals surface area contributed by atoms with E-state index in [1.807, 2.05) is 13.8 Å². The molecule has 0 saturated carbocycles. The molecular weight excluding hydrogens is 266 g/mol. The first-order valence-corrected chi connectivity index (χ1v) is 7.86. The third kappa shape index (κ3) is 11.3. The lowest BCUT2D eigenvalue weighted by atomic mass is 9.93. The van der Waals surface area contributed by atoms with E-state index in [1.54, 1.807) is 20.8 Å². The topological polar surface area (TPSA) is 55.4 Å². The first-order chi connectivity index (χ1) is 9.85. The summed E-state index contributed by atoms with van der Waals surface area (Å²) in [5.41, 5.74) is -0.607. The van der Waals surface area contributed by atoms with Gasteiger partial charge in [0.05, 0.1) is 6.42 Å². The lowest BCUT2D eigenvalue weighted by Crippen LogP contribution is -2.35. The van der Waals surface area contributed by atoms with Gasteiger partial charge in [0.2, 0.25) is 5.91 Å². The third-order valence-corrected chi connectivity index (χ3v) is 2.76. The summed E-state index contributed by atoms with van der Waals surface area (Å²) in [6, 6.07) is 0. The molecule has 0 aromatic rings. The zero-order chi connectivity index (χ0) is 17.6. The van der Waals surface area contributed by atoms with Crippen LogP contribution < -0.4 is 5.32 Å². The molecule has 0 aliphatic heterocycles. The van der Waals surface area contributed by atoms with Crippen molar-refractivity contribution in [2.24, 2.45) is 17.7 Å². The highest BCUT2D eigenvalue weighted by Gasteiger charge is 2.26. The second kappa shape index (κ2) is 9.06. The van der Waals surface area contributed by atoms with Gasteiger partial charge in [-0.25, -0.2) is 0 Å². The van der Waals surface area contributed by atoms with Crippen molar-refractivity contribution >= 4 is 11.9 Å². The van der Waals surface area contributed by atoms with E-state index in [0.29, 0.717) is 18.9 Å². The summed E-state index contributed by atoms with van der Waals surface area (Å²) in [6.45, 7) is 13.9. The molecule has 4 heteroatoms. The lowest BCUT2D eigenvalue weighted by molar-refractivity contribution is -0.157. The normalized spacial score (nSPS) is 15.6. The third-order valence-electron chi connectivity index (χ3n) is 2.76. The maximum Gasteiger partial charge on any atom is 0.307 e. The van der Waals surface area contributed by atoms with Crippen LogP contribution in [0.1, 0.15) is 69.1 Å². The molecule has 0 unspecified atom stereocenters. The van der Waals surface area contributed by atoms with Crippen LogP contribution >= 0.6 is 0 Å². The summed E-state index contributed by atoms with van der Waals surface area (Å²) in [5, 5.41) is 2.79. The van der Waals surface area contributed by atoms with Crippen molar-refractivity contribution < 1.29 is 15.7 Å². The Hall–Kier alpha value is -1.06. The minimum Gasteiger partial charge on any atom is -0.460 e. The van der Waals surface area contributed by atoms with Gasteiger partial charge in [-0.05, 0) is 45.4 Å². The minimum absolute atomic E-state index is 0.149. The van der Waals surface area contributed by atoms with Crippen LogP contribution in [-0.4, -0.2) is 24.0 Å². The van der Waals surface area contributed by atoms with Gasteiger partial charge in [-0.15, -0.1) is 0 Å². The Labute approximate surface area is 131 Å². The van der Waals surface area contributed by atoms with Gasteiger partial charge in [0.15, 0.2) is 0 Å². The highest BCUT2D eigenvalue weighted by atomic mass is 16.6. The molecule has 0 heterocycles. The quantitative estimate of drug-likeness (QED) is 0.698. The smallest absolute Gasteiger partial charge is 0.307 e. The number of carbonyl (C=O) groups excluding carboxylic acids is 2. The second-order valence-corrected chi connectivity index (χ2v) is 7.40. The van der Waals surface area contributed by atoms with Gasteiger partial charge in [-0.3, -0.25) is 9.59 Å². The van der Waals surface area contributed by atoms with Crippen LogP contribution in [0.4, 0.5) is 0 Å². The number of esters is 1. The summed E-state index contributed by atoms with van der Waals surface area (Å²) in [4.78, 5) is 24.4. The van der Waals surface area contributed by atoms with E-state index in [0.717, 1.165) is 6.42 Å². The van der Waals surface area contributed by atoms with Gasteiger partial charge in [0, 0.05) is 13.8 Å². The fraction of sp³-hybridized carbons (Fsp3) is 0.882. The van der Waals surface area contributed by atoms with Crippen LogP contribution in [-0.2, 0) is 14.3 Å². The van der Waals surface area contributed by atoms with Crippen molar-refractivity contribution in [3.05, 3.63) is 0 Å². The molecule has 1 amide bonds. The van der Waals surface area contributed by atoms with Crippen molar-refractivity contribution in [1.29, 1.82) is 0 Å². The van der Waals surface area contributed by atoms with Gasteiger partial charge in [0.1, 0.15) is 5.60 Å². The number of amides is 1. The number of rotatable bonds is 8. The highest BCUT2D eigenvalue weighted by molar-refractivity contribution is 5.83. The Morgan fingerprint density at radius 1 is 1.14 bits per heavy atom. The molecule has 0 bridgehead atoms. The van der Waals surface area contributed by atoms with Gasteiger partial charge >= 0.3 is 5.97 Å². The molecule has 0 radical (unpaired) electrons. The summed E-state index contributed by atoms with van der Waals surface area (Å²) < 4.78 is 13.7. The van der Waals surface area contributed by atoms with E-state index in [4.69, 9.17) is 6.11 Å². The molecule has 1 atom stereocenters. The SMILES string of the molecule is [2H][C@@](CC(=O)OC(C)(C)C)(CC(C)C)C(=O)NCCC(C)C. The number of ether oxygens (including phenoxy) is 1. The molecule has 4 nitrogen and oxygen atoms in total. The number of nitrogens with one attached hydrogen (secondary N) is 1. The fourth-order valence-corrected chi connectivity index (χ4v) is 1.89. The number of hydrogen-bond donors (Lipinski definition) is 1. The highest BCUT2D eigenvalue weighted by Crippen LogP contribution is 2.19. The average Bonchev–Trinajstić information content (AvgIpc) is 2.23. The van der Waals surface area contributed by atoms with E-state index in [9.17, 15) is 9.59 Å². The molecule has 0 fully saturated rings. The van der Waals surface area contributed by atoms with E-state index in [-0.39, 0.29) is 18.2 Å². The van der Waals surface area contributed by atoms with Gasteiger partial charge < -0.3 is 10.1 Å². The zero-order valence-corrected chi connectivity index (χ0v) is 14.7. The van der Waals surface area contributed by atoms with E-state index >= 15 is 0 Å². The molecule has 0 aromatic heterocycles. The maximum atomic E-state index is 12.4. The van der Waals surface area contributed by atoms with Crippen molar-refractivity contribution in [2.75, 3.05) is 6.54 Å². The van der Waals surface area contributed by atoms with Crippen molar-refractivity contribution in [3.63, 3.8) is 0 Å². The summed E-state index contributed by atoms with van der Waals surface area (Å²) in [5.74, 6) is -1.71. The van der Waals surface area contributed by atoms with Crippen LogP contribution in [0.25, 0.3) is 0 Å². The Bertz CT molecular complexity index is 375. The molecule has 21 heavy (non-hydrogen) atoms. The van der Waals surface area contributed by atoms with E-state index in [2.05, 4.69) is 19.2 Å². The molecule has 0 aliphatic carbocycles. The largest absolute Gasteiger partial charge is 0.460 e. The van der Waals surface area contributed by atoms with Crippen LogP contribution in [0.15, 0.2) is 0 Å². The molecule has 0 spiro atoms. The molecule has 0 aliphatic rings. The van der Waals surface area contributed by atoms with Gasteiger partial charge in [0.25, 0.3) is 0 Å². The predicted octanol–water partition coefficient (Wildman–Crippen LogP) is 3.54. The van der Waals surface area contributed by atoms with Crippen LogP contribution in [0, 0.1) is 17.7 Å². The lowest BCUT2D eigenvalue weighted by Gasteiger charge is -2.23. The number of hydrogen-bond acceptors (Lipinski definition) is 3. The fourth-order valence-electron chi connectivity index (χ4n) is 1.89. The molecule has 0 saturated heterocycles. The van der Waals surface area contributed by atoms with Crippen LogP contribution in [0.2, 0.25) is 0 Å². The van der Waals surface area contributed by atoms with Gasteiger partial charge in [-0.1, -0.05) is 27.7 Å². The second-order valence-electron chi connectivity index (χ2n) is 7.40. The maximum absolute atomic E-state index is 12.4. The summed E-state index contributed by atoms with van der Waals surface area (Å²) in [6.07, 6.45) is 0.978. The standard InChI is InChI=1S/C17H33NO3/c1-12(2)8-9-18-16(20)14(10-13(3)4)11-15(19)21-17(5,6)7/h12-14H,8-11H2,1-7H3,(H,18,20)/t14-/m0/s1/i14D. The molecule has 1 N–H and O–H groups in total. The Morgan fingerprint density at radius 2 is 1.71 bits per heavy atom. The number of carbonyl (C=O) groups is 2. The molecule has 0 rings (SSSR count). The Kier molecular flexibility index (Phi) is 7.76. The van der Waals surface area contributed by atoms with Crippen LogP contribution in [0.5, 0.6) is 0 Å². The van der Waals surface area contributed by atoms with Crippen molar-refractivity contribution in [3.8, 4) is 0 Å². The molecule has 0 aromatic carbocycles. The molecular formula is C17H33NO3. The monoisotopic (exact) mass is 300 g/mol. The minimum atomic E-state index is -1.46. The molecule has 124 valence electrons. The van der Waals surface area contributed by atoms with Crippen molar-refractivity contribution in [2.45, 2.75) is 73.3 Å². The Morgan fingerprint density at radius 3 is 2.14 bits per heavy atom. The summed E-state index contributed by atoms with van der Waals surface area (Å²) >= 11 is 0. The predicted molar refractivity (Wildman–Crippen MR) is 85.9 cm³/mol. The summed E-state index contributed by atoms with van der Waals surface area (Å²) in [7, 11) is 0. The average molecular weight is 300 g/mol. The van der Waals surface area contributed by atoms with Crippen LogP contribution in [0.3, 0.4) is 0 Å². The van der Waals surface area contributed by atoms with Gasteiger partial charge in [-0.2, -0.15) is 0 Å². The Balaban J connectivity index is 4.83. The first-order valence-electron chi connectivity index (χ1n) is 8.36. The zero-order valence-electron chi connectivity index (χ0n) is 15.7. The van der Waals surface area contributed by atoms with Crippen molar-refractivity contribution in [1.82, 2.24) is 5.32 Å². The van der Waals surface area contributed by atoms with E-state index < -0.39 is 17.5 Å². The first kappa shape index (κ1) is 18.0. The van der Waals surface area contributed by atoms with E-state index in [1.165, 1.54) is 0 Å².